The van der Waals surface area contributed by atoms with E-state index >= 15 is 0 Å². The summed E-state index contributed by atoms with van der Waals surface area (Å²) in [5, 5.41) is 0. The molecule has 0 bridgehead atoms. The van der Waals surface area contributed by atoms with Gasteiger partial charge < -0.3 is 9.47 Å². The summed E-state index contributed by atoms with van der Waals surface area (Å²) in [6, 6.07) is 0. The highest BCUT2D eigenvalue weighted by Crippen LogP contribution is 2.30. The molecule has 0 amide bonds. The second kappa shape index (κ2) is 4.97. The summed E-state index contributed by atoms with van der Waals surface area (Å²) in [7, 11) is 0. The van der Waals surface area contributed by atoms with Crippen molar-refractivity contribution < 1.29 is 9.47 Å². The van der Waals surface area contributed by atoms with Crippen LogP contribution >= 0.6 is 0 Å². The van der Waals surface area contributed by atoms with Crippen LogP contribution in [0.2, 0.25) is 0 Å². The van der Waals surface area contributed by atoms with E-state index in [-0.39, 0.29) is 6.29 Å². The average Bonchev–Trinajstić information content (AvgIpc) is 2.69. The van der Waals surface area contributed by atoms with E-state index in [2.05, 4.69) is 0 Å². The first-order chi connectivity index (χ1) is 6.45. The molecule has 2 rings (SSSR count). The predicted molar refractivity (Wildman–Crippen MR) is 51.3 cm³/mol. The molecule has 1 aliphatic carbocycles. The van der Waals surface area contributed by atoms with Crippen LogP contribution < -0.4 is 0 Å². The van der Waals surface area contributed by atoms with Gasteiger partial charge in [-0.2, -0.15) is 0 Å². The Kier molecular flexibility index (Phi) is 3.62. The second-order valence-corrected chi connectivity index (χ2v) is 4.02. The molecule has 1 heterocycles. The van der Waals surface area contributed by atoms with Gasteiger partial charge in [0, 0.05) is 0 Å². The summed E-state index contributed by atoms with van der Waals surface area (Å²) in [5.74, 6) is 1.74. The molecule has 13 heavy (non-hydrogen) atoms. The Morgan fingerprint density at radius 3 is 2.38 bits per heavy atom. The minimum absolute atomic E-state index is 0.106. The Morgan fingerprint density at radius 1 is 1.00 bits per heavy atom. The lowest BCUT2D eigenvalue weighted by atomic mass is 9.86. The molecule has 1 radical (unpaired) electrons. The highest BCUT2D eigenvalue weighted by atomic mass is 16.7. The Labute approximate surface area is 80.6 Å². The number of hydrogen-bond donors (Lipinski definition) is 0. The molecule has 2 fully saturated rings. The van der Waals surface area contributed by atoms with Gasteiger partial charge in [-0.15, -0.1) is 0 Å². The van der Waals surface area contributed by atoms with E-state index in [1.165, 1.54) is 38.5 Å². The van der Waals surface area contributed by atoms with Gasteiger partial charge in [0.25, 0.3) is 0 Å². The lowest BCUT2D eigenvalue weighted by Crippen LogP contribution is -2.11. The summed E-state index contributed by atoms with van der Waals surface area (Å²) in [5.41, 5.74) is 0. The SMILES string of the molecule is C1CC[C](CCC2OCCO2)CC1. The monoisotopic (exact) mass is 183 g/mol. The van der Waals surface area contributed by atoms with E-state index in [0.29, 0.717) is 0 Å². The Bertz CT molecular complexity index is 135. The third-order valence-corrected chi connectivity index (χ3v) is 2.99. The molecule has 2 nitrogen and oxygen atoms in total. The van der Waals surface area contributed by atoms with Crippen molar-refractivity contribution >= 4 is 0 Å². The van der Waals surface area contributed by atoms with Crippen molar-refractivity contribution in [2.45, 2.75) is 51.2 Å². The first-order valence-electron chi connectivity index (χ1n) is 5.52. The third-order valence-electron chi connectivity index (χ3n) is 2.99. The molecule has 0 unspecified atom stereocenters. The summed E-state index contributed by atoms with van der Waals surface area (Å²) < 4.78 is 10.8. The fraction of sp³-hybridized carbons (Fsp3) is 0.909. The average molecular weight is 183 g/mol. The van der Waals surface area contributed by atoms with Crippen LogP contribution in [0.5, 0.6) is 0 Å². The first-order valence-corrected chi connectivity index (χ1v) is 5.52. The fourth-order valence-electron chi connectivity index (χ4n) is 2.20. The van der Waals surface area contributed by atoms with Crippen molar-refractivity contribution in [3.8, 4) is 0 Å². The zero-order chi connectivity index (χ0) is 8.93. The molecule has 0 aromatic rings. The minimum atomic E-state index is 0.106. The number of hydrogen-bond acceptors (Lipinski definition) is 2. The zero-order valence-electron chi connectivity index (χ0n) is 8.26. The lowest BCUT2D eigenvalue weighted by molar-refractivity contribution is -0.0474. The van der Waals surface area contributed by atoms with Gasteiger partial charge in [0.15, 0.2) is 6.29 Å². The normalized spacial score (nSPS) is 26.8. The molecule has 0 atom stereocenters. The van der Waals surface area contributed by atoms with Gasteiger partial charge in [0.2, 0.25) is 0 Å². The van der Waals surface area contributed by atoms with E-state index in [9.17, 15) is 0 Å². The standard InChI is InChI=1S/C11H19O2/c1-2-4-10(5-3-1)6-7-11-12-8-9-13-11/h11H,1-9H2. The van der Waals surface area contributed by atoms with Crippen LogP contribution in [-0.2, 0) is 9.47 Å². The highest BCUT2D eigenvalue weighted by Gasteiger charge is 2.19. The van der Waals surface area contributed by atoms with Crippen LogP contribution in [-0.4, -0.2) is 19.5 Å². The van der Waals surface area contributed by atoms with Crippen LogP contribution in [0.25, 0.3) is 0 Å². The van der Waals surface area contributed by atoms with Crippen molar-refractivity contribution in [1.29, 1.82) is 0 Å². The fourth-order valence-corrected chi connectivity index (χ4v) is 2.20. The number of ether oxygens (including phenoxy) is 2. The molecule has 2 heteroatoms. The maximum Gasteiger partial charge on any atom is 0.157 e. The van der Waals surface area contributed by atoms with E-state index in [0.717, 1.165) is 19.6 Å². The molecule has 1 aliphatic heterocycles. The predicted octanol–water partition coefficient (Wildman–Crippen LogP) is 2.68. The molecule has 0 N–H and O–H groups in total. The minimum Gasteiger partial charge on any atom is -0.350 e. The van der Waals surface area contributed by atoms with Crippen molar-refractivity contribution in [1.82, 2.24) is 0 Å². The van der Waals surface area contributed by atoms with Gasteiger partial charge in [-0.05, 0) is 31.6 Å². The molecule has 0 aromatic carbocycles. The maximum atomic E-state index is 5.41. The van der Waals surface area contributed by atoms with Gasteiger partial charge in [0.1, 0.15) is 0 Å². The van der Waals surface area contributed by atoms with Gasteiger partial charge in [-0.25, -0.2) is 0 Å². The topological polar surface area (TPSA) is 18.5 Å². The summed E-state index contributed by atoms with van der Waals surface area (Å²) in [6.07, 6.45) is 9.36. The van der Waals surface area contributed by atoms with Crippen molar-refractivity contribution in [2.75, 3.05) is 13.2 Å². The molecular formula is C11H19O2. The Balaban J connectivity index is 1.60. The molecular weight excluding hydrogens is 164 g/mol. The van der Waals surface area contributed by atoms with Gasteiger partial charge >= 0.3 is 0 Å². The summed E-state index contributed by atoms with van der Waals surface area (Å²) in [4.78, 5) is 0. The Morgan fingerprint density at radius 2 is 1.69 bits per heavy atom. The van der Waals surface area contributed by atoms with Crippen LogP contribution in [0.1, 0.15) is 44.9 Å². The van der Waals surface area contributed by atoms with E-state index < -0.39 is 0 Å². The molecule has 0 aromatic heterocycles. The smallest absolute Gasteiger partial charge is 0.157 e. The number of rotatable bonds is 3. The van der Waals surface area contributed by atoms with Crippen molar-refractivity contribution in [2.24, 2.45) is 0 Å². The zero-order valence-corrected chi connectivity index (χ0v) is 8.26. The largest absolute Gasteiger partial charge is 0.350 e. The van der Waals surface area contributed by atoms with Gasteiger partial charge in [0.05, 0.1) is 13.2 Å². The van der Waals surface area contributed by atoms with Crippen LogP contribution in [0.3, 0.4) is 0 Å². The molecule has 1 saturated carbocycles. The molecule has 75 valence electrons. The lowest BCUT2D eigenvalue weighted by Gasteiger charge is -2.21. The Hall–Kier alpha value is -0.0800. The van der Waals surface area contributed by atoms with E-state index in [1.807, 2.05) is 0 Å². The highest BCUT2D eigenvalue weighted by molar-refractivity contribution is 4.92. The summed E-state index contributed by atoms with van der Waals surface area (Å²) in [6.45, 7) is 1.58. The molecule has 1 saturated heterocycles. The first kappa shape index (κ1) is 9.47. The van der Waals surface area contributed by atoms with Gasteiger partial charge in [-0.3, -0.25) is 0 Å². The quantitative estimate of drug-likeness (QED) is 0.669. The second-order valence-electron chi connectivity index (χ2n) is 4.02. The van der Waals surface area contributed by atoms with E-state index in [1.54, 1.807) is 5.92 Å². The molecule has 0 spiro atoms. The van der Waals surface area contributed by atoms with Crippen LogP contribution in [0.15, 0.2) is 0 Å². The van der Waals surface area contributed by atoms with Crippen LogP contribution in [0, 0.1) is 5.92 Å². The summed E-state index contributed by atoms with van der Waals surface area (Å²) >= 11 is 0. The molecule has 2 aliphatic rings. The van der Waals surface area contributed by atoms with E-state index in [4.69, 9.17) is 9.47 Å². The van der Waals surface area contributed by atoms with Crippen LogP contribution in [0.4, 0.5) is 0 Å². The van der Waals surface area contributed by atoms with Crippen molar-refractivity contribution in [3.63, 3.8) is 0 Å². The third kappa shape index (κ3) is 2.96. The van der Waals surface area contributed by atoms with Crippen molar-refractivity contribution in [3.05, 3.63) is 5.92 Å². The van der Waals surface area contributed by atoms with Gasteiger partial charge in [-0.1, -0.05) is 19.3 Å². The maximum absolute atomic E-state index is 5.41.